The van der Waals surface area contributed by atoms with E-state index in [1.807, 2.05) is 31.1 Å². The second kappa shape index (κ2) is 5.24. The summed E-state index contributed by atoms with van der Waals surface area (Å²) in [5.74, 6) is 0.620. The van der Waals surface area contributed by atoms with Crippen LogP contribution in [0.5, 0.6) is 5.75 Å². The molecule has 0 fully saturated rings. The van der Waals surface area contributed by atoms with Crippen molar-refractivity contribution >= 4 is 5.69 Å². The van der Waals surface area contributed by atoms with E-state index in [1.54, 1.807) is 24.5 Å². The van der Waals surface area contributed by atoms with Gasteiger partial charge >= 0.3 is 0 Å². The molecule has 106 valence electrons. The number of pyridine rings is 1. The number of rotatable bonds is 3. The molecule has 3 aromatic rings. The Labute approximate surface area is 121 Å². The number of hydrogen-bond donors (Lipinski definition) is 1. The lowest BCUT2D eigenvalue weighted by Crippen LogP contribution is -2.09. The van der Waals surface area contributed by atoms with E-state index in [-0.39, 0.29) is 5.75 Å². The van der Waals surface area contributed by atoms with E-state index in [0.29, 0.717) is 5.89 Å². The van der Waals surface area contributed by atoms with Crippen LogP contribution >= 0.6 is 0 Å². The molecule has 0 saturated carbocycles. The standard InChI is InChI=1S/C15H14N4O2/c1-19(2)14-4-3-12(20)6-13(14)10-5-11(8-16-7-10)15-18-17-9-21-15/h3-9,20H,1-2H3. The number of aromatic nitrogens is 3. The van der Waals surface area contributed by atoms with Gasteiger partial charge in [-0.15, -0.1) is 10.2 Å². The molecule has 2 heterocycles. The van der Waals surface area contributed by atoms with Crippen LogP contribution in [0.15, 0.2) is 47.5 Å². The van der Waals surface area contributed by atoms with Crippen LogP contribution in [0.1, 0.15) is 0 Å². The maximum Gasteiger partial charge on any atom is 0.249 e. The molecule has 0 radical (unpaired) electrons. The SMILES string of the molecule is CN(C)c1ccc(O)cc1-c1cncc(-c2nnco2)c1. The molecule has 1 N–H and O–H groups in total. The Morgan fingerprint density at radius 2 is 1.90 bits per heavy atom. The Bertz CT molecular complexity index is 754. The van der Waals surface area contributed by atoms with Crippen molar-refractivity contribution in [1.29, 1.82) is 0 Å². The summed E-state index contributed by atoms with van der Waals surface area (Å²) in [5.41, 5.74) is 3.47. The van der Waals surface area contributed by atoms with E-state index < -0.39 is 0 Å². The Morgan fingerprint density at radius 1 is 1.10 bits per heavy atom. The van der Waals surface area contributed by atoms with Crippen molar-refractivity contribution in [1.82, 2.24) is 15.2 Å². The molecule has 0 aliphatic rings. The molecule has 0 amide bonds. The van der Waals surface area contributed by atoms with Gasteiger partial charge in [0.25, 0.3) is 0 Å². The summed E-state index contributed by atoms with van der Waals surface area (Å²) in [4.78, 5) is 6.20. The predicted molar refractivity (Wildman–Crippen MR) is 79.0 cm³/mol. The van der Waals surface area contributed by atoms with E-state index >= 15 is 0 Å². The molecule has 0 bridgehead atoms. The largest absolute Gasteiger partial charge is 0.508 e. The third-order valence-electron chi connectivity index (χ3n) is 3.12. The maximum atomic E-state index is 9.75. The highest BCUT2D eigenvalue weighted by molar-refractivity contribution is 5.81. The summed E-state index contributed by atoms with van der Waals surface area (Å²) in [5, 5.41) is 17.3. The van der Waals surface area contributed by atoms with Crippen molar-refractivity contribution in [2.45, 2.75) is 0 Å². The normalized spacial score (nSPS) is 10.6. The number of anilines is 1. The molecule has 0 aliphatic heterocycles. The minimum absolute atomic E-state index is 0.207. The minimum atomic E-state index is 0.207. The van der Waals surface area contributed by atoms with Gasteiger partial charge in [0.2, 0.25) is 12.3 Å². The van der Waals surface area contributed by atoms with Gasteiger partial charge in [0.05, 0.1) is 5.56 Å². The van der Waals surface area contributed by atoms with Gasteiger partial charge in [-0.25, -0.2) is 0 Å². The molecular formula is C15H14N4O2. The second-order valence-corrected chi connectivity index (χ2v) is 4.80. The fourth-order valence-corrected chi connectivity index (χ4v) is 2.15. The Balaban J connectivity index is 2.13. The monoisotopic (exact) mass is 282 g/mol. The molecule has 0 spiro atoms. The third-order valence-corrected chi connectivity index (χ3v) is 3.12. The fourth-order valence-electron chi connectivity index (χ4n) is 2.15. The van der Waals surface area contributed by atoms with E-state index in [1.165, 1.54) is 6.39 Å². The highest BCUT2D eigenvalue weighted by Gasteiger charge is 2.11. The molecule has 1 aromatic carbocycles. The first-order valence-corrected chi connectivity index (χ1v) is 6.37. The predicted octanol–water partition coefficient (Wildman–Crippen LogP) is 2.57. The van der Waals surface area contributed by atoms with Gasteiger partial charge in [0, 0.05) is 43.3 Å². The summed E-state index contributed by atoms with van der Waals surface area (Å²) < 4.78 is 5.19. The Kier molecular flexibility index (Phi) is 3.27. The van der Waals surface area contributed by atoms with Crippen molar-refractivity contribution in [2.75, 3.05) is 19.0 Å². The van der Waals surface area contributed by atoms with Crippen LogP contribution in [0.4, 0.5) is 5.69 Å². The number of nitrogens with zero attached hydrogens (tertiary/aromatic N) is 4. The van der Waals surface area contributed by atoms with E-state index in [9.17, 15) is 5.11 Å². The first-order chi connectivity index (χ1) is 10.1. The zero-order valence-corrected chi connectivity index (χ0v) is 11.7. The maximum absolute atomic E-state index is 9.75. The van der Waals surface area contributed by atoms with Crippen LogP contribution in [0.2, 0.25) is 0 Å². The lowest BCUT2D eigenvalue weighted by Gasteiger charge is -2.18. The molecule has 0 atom stereocenters. The van der Waals surface area contributed by atoms with Gasteiger partial charge in [-0.1, -0.05) is 0 Å². The zero-order valence-electron chi connectivity index (χ0n) is 11.7. The number of phenols is 1. The number of aromatic hydroxyl groups is 1. The van der Waals surface area contributed by atoms with Crippen molar-refractivity contribution in [3.63, 3.8) is 0 Å². The van der Waals surface area contributed by atoms with Crippen molar-refractivity contribution in [3.8, 4) is 28.3 Å². The quantitative estimate of drug-likeness (QED) is 0.795. The van der Waals surface area contributed by atoms with E-state index in [0.717, 1.165) is 22.4 Å². The van der Waals surface area contributed by atoms with Gasteiger partial charge in [-0.3, -0.25) is 4.98 Å². The van der Waals surface area contributed by atoms with Gasteiger partial charge in [-0.2, -0.15) is 0 Å². The van der Waals surface area contributed by atoms with Crippen LogP contribution in [-0.4, -0.2) is 34.4 Å². The number of hydrogen-bond acceptors (Lipinski definition) is 6. The average Bonchev–Trinajstić information content (AvgIpc) is 3.01. The zero-order chi connectivity index (χ0) is 14.8. The molecule has 6 heteroatoms. The highest BCUT2D eigenvalue weighted by Crippen LogP contribution is 2.34. The third kappa shape index (κ3) is 2.55. The smallest absolute Gasteiger partial charge is 0.249 e. The van der Waals surface area contributed by atoms with Gasteiger partial charge in [0.15, 0.2) is 0 Å². The summed E-state index contributed by atoms with van der Waals surface area (Å²) in [7, 11) is 3.90. The summed E-state index contributed by atoms with van der Waals surface area (Å²) in [6.07, 6.45) is 4.68. The summed E-state index contributed by atoms with van der Waals surface area (Å²) in [6.45, 7) is 0. The number of phenolic OH excluding ortho intramolecular Hbond substituents is 1. The fraction of sp³-hybridized carbons (Fsp3) is 0.133. The molecular weight excluding hydrogens is 268 g/mol. The van der Waals surface area contributed by atoms with Crippen LogP contribution in [-0.2, 0) is 0 Å². The van der Waals surface area contributed by atoms with Crippen LogP contribution in [0, 0.1) is 0 Å². The first-order valence-electron chi connectivity index (χ1n) is 6.37. The Morgan fingerprint density at radius 3 is 2.62 bits per heavy atom. The molecule has 3 rings (SSSR count). The molecule has 2 aromatic heterocycles. The second-order valence-electron chi connectivity index (χ2n) is 4.80. The van der Waals surface area contributed by atoms with E-state index in [2.05, 4.69) is 15.2 Å². The topological polar surface area (TPSA) is 75.3 Å². The highest BCUT2D eigenvalue weighted by atomic mass is 16.4. The van der Waals surface area contributed by atoms with Gasteiger partial charge in [0.1, 0.15) is 5.75 Å². The molecule has 0 saturated heterocycles. The van der Waals surface area contributed by atoms with Crippen LogP contribution < -0.4 is 4.90 Å². The molecule has 6 nitrogen and oxygen atoms in total. The minimum Gasteiger partial charge on any atom is -0.508 e. The van der Waals surface area contributed by atoms with Gasteiger partial charge < -0.3 is 14.4 Å². The number of benzene rings is 1. The van der Waals surface area contributed by atoms with E-state index in [4.69, 9.17) is 4.42 Å². The van der Waals surface area contributed by atoms with Gasteiger partial charge in [-0.05, 0) is 24.3 Å². The molecule has 0 unspecified atom stereocenters. The first kappa shape index (κ1) is 13.1. The summed E-state index contributed by atoms with van der Waals surface area (Å²) in [6, 6.07) is 7.14. The lowest BCUT2D eigenvalue weighted by atomic mass is 10.0. The molecule has 21 heavy (non-hydrogen) atoms. The molecule has 0 aliphatic carbocycles. The Hall–Kier alpha value is -2.89. The van der Waals surface area contributed by atoms with Crippen molar-refractivity contribution in [2.24, 2.45) is 0 Å². The van der Waals surface area contributed by atoms with Crippen molar-refractivity contribution < 1.29 is 9.52 Å². The average molecular weight is 282 g/mol. The summed E-state index contributed by atoms with van der Waals surface area (Å²) >= 11 is 0. The van der Waals surface area contributed by atoms with Crippen LogP contribution in [0.3, 0.4) is 0 Å². The van der Waals surface area contributed by atoms with Crippen LogP contribution in [0.25, 0.3) is 22.6 Å². The van der Waals surface area contributed by atoms with Crippen molar-refractivity contribution in [3.05, 3.63) is 43.1 Å². The lowest BCUT2D eigenvalue weighted by molar-refractivity contribution is 0.475.